The molecule has 104 valence electrons. The van der Waals surface area contributed by atoms with Crippen LogP contribution in [0.5, 0.6) is 0 Å². The van der Waals surface area contributed by atoms with Gasteiger partial charge in [-0.3, -0.25) is 9.88 Å². The van der Waals surface area contributed by atoms with Crippen LogP contribution in [0, 0.1) is 0 Å². The molecule has 0 amide bonds. The van der Waals surface area contributed by atoms with Crippen molar-refractivity contribution in [3.8, 4) is 0 Å². The molecule has 2 atom stereocenters. The summed E-state index contributed by atoms with van der Waals surface area (Å²) < 4.78 is 0. The van der Waals surface area contributed by atoms with Crippen molar-refractivity contribution in [3.05, 3.63) is 35.5 Å². The Kier molecular flexibility index (Phi) is 3.04. The van der Waals surface area contributed by atoms with Crippen molar-refractivity contribution in [2.24, 2.45) is 0 Å². The number of hydrogen-bond acceptors (Lipinski definition) is 3. The van der Waals surface area contributed by atoms with Crippen LogP contribution >= 0.6 is 11.6 Å². The first-order valence-electron chi connectivity index (χ1n) is 7.37. The second-order valence-electron chi connectivity index (χ2n) is 5.78. The van der Waals surface area contributed by atoms with Crippen molar-refractivity contribution in [1.29, 1.82) is 0 Å². The molecule has 1 aromatic carbocycles. The molecule has 0 radical (unpaired) electrons. The molecule has 1 N–H and O–H groups in total. The monoisotopic (exact) mass is 287 g/mol. The van der Waals surface area contributed by atoms with Gasteiger partial charge >= 0.3 is 0 Å². The molecular formula is C16H18ClN3. The van der Waals surface area contributed by atoms with E-state index in [0.29, 0.717) is 12.1 Å². The minimum absolute atomic E-state index is 0.545. The topological polar surface area (TPSA) is 28.2 Å². The quantitative estimate of drug-likeness (QED) is 0.916. The fraction of sp³-hybridized carbons (Fsp3) is 0.438. The van der Waals surface area contributed by atoms with Crippen LogP contribution in [0.15, 0.2) is 30.5 Å². The van der Waals surface area contributed by atoms with Gasteiger partial charge in [0.15, 0.2) is 0 Å². The van der Waals surface area contributed by atoms with E-state index in [9.17, 15) is 0 Å². The Morgan fingerprint density at radius 1 is 1.20 bits per heavy atom. The standard InChI is InChI=1S/C16H18ClN3/c17-12-5-6-14(16-11(12)3-1-8-18-16)19-13-7-10-20-9-2-4-15(13)20/h1,3,5-6,8,13,15,19H,2,4,7,9-10H2. The summed E-state index contributed by atoms with van der Waals surface area (Å²) in [5, 5.41) is 5.52. The summed E-state index contributed by atoms with van der Waals surface area (Å²) in [6.45, 7) is 2.49. The molecule has 2 fully saturated rings. The first kappa shape index (κ1) is 12.4. The van der Waals surface area contributed by atoms with Gasteiger partial charge in [-0.15, -0.1) is 0 Å². The maximum Gasteiger partial charge on any atom is 0.0948 e. The Labute approximate surface area is 123 Å². The van der Waals surface area contributed by atoms with E-state index in [-0.39, 0.29) is 0 Å². The van der Waals surface area contributed by atoms with Gasteiger partial charge in [-0.05, 0) is 50.1 Å². The summed E-state index contributed by atoms with van der Waals surface area (Å²) in [7, 11) is 0. The number of nitrogens with one attached hydrogen (secondary N) is 1. The number of halogens is 1. The third-order valence-corrected chi connectivity index (χ3v) is 4.99. The molecule has 2 aliphatic heterocycles. The molecule has 20 heavy (non-hydrogen) atoms. The summed E-state index contributed by atoms with van der Waals surface area (Å²) in [5.41, 5.74) is 2.10. The van der Waals surface area contributed by atoms with Gasteiger partial charge in [-0.25, -0.2) is 0 Å². The number of pyridine rings is 1. The Bertz CT molecular complexity index is 643. The van der Waals surface area contributed by atoms with Gasteiger partial charge in [0.25, 0.3) is 0 Å². The first-order valence-corrected chi connectivity index (χ1v) is 7.74. The second-order valence-corrected chi connectivity index (χ2v) is 6.19. The van der Waals surface area contributed by atoms with Crippen LogP contribution in [0.3, 0.4) is 0 Å². The Balaban J connectivity index is 1.68. The number of anilines is 1. The van der Waals surface area contributed by atoms with Gasteiger partial charge in [0, 0.05) is 30.2 Å². The van der Waals surface area contributed by atoms with Crippen molar-refractivity contribution >= 4 is 28.2 Å². The molecule has 4 rings (SSSR count). The minimum Gasteiger partial charge on any atom is -0.379 e. The molecule has 0 spiro atoms. The maximum atomic E-state index is 6.26. The average Bonchev–Trinajstić information content (AvgIpc) is 3.07. The van der Waals surface area contributed by atoms with E-state index in [1.54, 1.807) is 0 Å². The zero-order valence-corrected chi connectivity index (χ0v) is 12.1. The Morgan fingerprint density at radius 2 is 2.15 bits per heavy atom. The van der Waals surface area contributed by atoms with E-state index in [1.807, 2.05) is 24.4 Å². The molecule has 4 heteroatoms. The lowest BCUT2D eigenvalue weighted by Crippen LogP contribution is -2.33. The number of rotatable bonds is 2. The number of fused-ring (bicyclic) bond motifs is 2. The molecule has 3 heterocycles. The lowest BCUT2D eigenvalue weighted by atomic mass is 10.1. The normalized spacial score (nSPS) is 26.1. The highest BCUT2D eigenvalue weighted by Crippen LogP contribution is 2.33. The Morgan fingerprint density at radius 3 is 3.10 bits per heavy atom. The second kappa shape index (κ2) is 4.90. The fourth-order valence-electron chi connectivity index (χ4n) is 3.70. The zero-order chi connectivity index (χ0) is 13.5. The number of nitrogens with zero attached hydrogens (tertiary/aromatic N) is 2. The highest BCUT2D eigenvalue weighted by Gasteiger charge is 2.37. The molecule has 2 aliphatic rings. The van der Waals surface area contributed by atoms with Gasteiger partial charge in [0.05, 0.1) is 16.2 Å². The molecule has 0 bridgehead atoms. The van der Waals surface area contributed by atoms with E-state index in [2.05, 4.69) is 21.3 Å². The van der Waals surface area contributed by atoms with Crippen molar-refractivity contribution in [2.75, 3.05) is 18.4 Å². The predicted molar refractivity (Wildman–Crippen MR) is 83.4 cm³/mol. The molecule has 2 unspecified atom stereocenters. The van der Waals surface area contributed by atoms with Gasteiger partial charge in [0.1, 0.15) is 0 Å². The zero-order valence-electron chi connectivity index (χ0n) is 11.3. The summed E-state index contributed by atoms with van der Waals surface area (Å²) in [6.07, 6.45) is 5.71. The summed E-state index contributed by atoms with van der Waals surface area (Å²) in [5.74, 6) is 0. The molecule has 0 aliphatic carbocycles. The van der Waals surface area contributed by atoms with Gasteiger partial charge in [-0.1, -0.05) is 11.6 Å². The van der Waals surface area contributed by atoms with E-state index in [1.165, 1.54) is 32.4 Å². The van der Waals surface area contributed by atoms with Crippen LogP contribution in [-0.2, 0) is 0 Å². The molecule has 3 nitrogen and oxygen atoms in total. The SMILES string of the molecule is Clc1ccc(NC2CCN3CCCC23)c2ncccc12. The third kappa shape index (κ3) is 1.97. The summed E-state index contributed by atoms with van der Waals surface area (Å²) >= 11 is 6.26. The highest BCUT2D eigenvalue weighted by molar-refractivity contribution is 6.35. The van der Waals surface area contributed by atoms with Crippen molar-refractivity contribution in [2.45, 2.75) is 31.3 Å². The summed E-state index contributed by atoms with van der Waals surface area (Å²) in [6, 6.07) is 9.25. The fourth-order valence-corrected chi connectivity index (χ4v) is 3.92. The van der Waals surface area contributed by atoms with E-state index < -0.39 is 0 Å². The van der Waals surface area contributed by atoms with Crippen molar-refractivity contribution < 1.29 is 0 Å². The van der Waals surface area contributed by atoms with Crippen LogP contribution in [0.4, 0.5) is 5.69 Å². The average molecular weight is 288 g/mol. The minimum atomic E-state index is 0.545. The summed E-state index contributed by atoms with van der Waals surface area (Å²) in [4.78, 5) is 7.12. The van der Waals surface area contributed by atoms with E-state index in [4.69, 9.17) is 11.6 Å². The smallest absolute Gasteiger partial charge is 0.0948 e. The van der Waals surface area contributed by atoms with Crippen molar-refractivity contribution in [1.82, 2.24) is 9.88 Å². The number of aromatic nitrogens is 1. The van der Waals surface area contributed by atoms with Gasteiger partial charge < -0.3 is 5.32 Å². The van der Waals surface area contributed by atoms with E-state index >= 15 is 0 Å². The third-order valence-electron chi connectivity index (χ3n) is 4.66. The van der Waals surface area contributed by atoms with Crippen molar-refractivity contribution in [3.63, 3.8) is 0 Å². The lowest BCUT2D eigenvalue weighted by Gasteiger charge is -2.22. The molecule has 2 aromatic rings. The van der Waals surface area contributed by atoms with Crippen LogP contribution in [0.25, 0.3) is 10.9 Å². The largest absolute Gasteiger partial charge is 0.379 e. The van der Waals surface area contributed by atoms with Crippen LogP contribution in [0.1, 0.15) is 19.3 Å². The lowest BCUT2D eigenvalue weighted by molar-refractivity contribution is 0.318. The van der Waals surface area contributed by atoms with Crippen LogP contribution in [0.2, 0.25) is 5.02 Å². The maximum absolute atomic E-state index is 6.26. The number of benzene rings is 1. The van der Waals surface area contributed by atoms with E-state index in [0.717, 1.165) is 21.6 Å². The van der Waals surface area contributed by atoms with Gasteiger partial charge in [-0.2, -0.15) is 0 Å². The molecule has 1 aromatic heterocycles. The highest BCUT2D eigenvalue weighted by atomic mass is 35.5. The molecule has 2 saturated heterocycles. The first-order chi connectivity index (χ1) is 9.83. The predicted octanol–water partition coefficient (Wildman–Crippen LogP) is 3.54. The Hall–Kier alpha value is -1.32. The number of hydrogen-bond donors (Lipinski definition) is 1. The van der Waals surface area contributed by atoms with Crippen LogP contribution < -0.4 is 5.32 Å². The molecule has 0 saturated carbocycles. The molecular weight excluding hydrogens is 270 g/mol. The van der Waals surface area contributed by atoms with Crippen LogP contribution in [-0.4, -0.2) is 35.1 Å². The van der Waals surface area contributed by atoms with Gasteiger partial charge in [0.2, 0.25) is 0 Å².